The Morgan fingerprint density at radius 2 is 1.94 bits per heavy atom. The number of aromatic carboxylic acids is 1. The van der Waals surface area contributed by atoms with E-state index >= 15 is 0 Å². The largest absolute Gasteiger partial charge is 0.478 e. The molecular weight excluding hydrogens is 442 g/mol. The molecular formula is C27H31N5O3. The standard InChI is InChI=1S/C27H31N5O3/c1-3-20-22-13-11-19(27(34)35)16-32(22)30-25(20)23-15-18-10-12-21-17(2)28-24(33)9-7-5-4-6-8-14-31(23)26(18)29-21/h10-13,15-17H,3-9,14H2,1-2H3,(H,28,33)(H,34,35)/t17-/m1/s1. The number of carbonyl (C=O) groups is 2. The minimum atomic E-state index is -0.970. The number of rotatable bonds is 3. The van der Waals surface area contributed by atoms with E-state index in [-0.39, 0.29) is 17.5 Å². The van der Waals surface area contributed by atoms with Gasteiger partial charge in [0.05, 0.1) is 28.5 Å². The lowest BCUT2D eigenvalue weighted by Crippen LogP contribution is -2.27. The molecule has 2 bridgehead atoms. The van der Waals surface area contributed by atoms with Crippen molar-refractivity contribution in [3.05, 3.63) is 53.3 Å². The van der Waals surface area contributed by atoms with E-state index in [0.717, 1.165) is 84.3 Å². The summed E-state index contributed by atoms with van der Waals surface area (Å²) in [6, 6.07) is 9.48. The number of carboxylic acid groups (broad SMARTS) is 1. The number of fused-ring (bicyclic) bond motifs is 2. The van der Waals surface area contributed by atoms with Crippen molar-refractivity contribution < 1.29 is 14.7 Å². The molecule has 4 aromatic rings. The van der Waals surface area contributed by atoms with E-state index in [0.29, 0.717) is 6.42 Å². The Bertz CT molecular complexity index is 1420. The molecule has 0 radical (unpaired) electrons. The fraction of sp³-hybridized carbons (Fsp3) is 0.407. The number of aryl methyl sites for hydroxylation is 2. The van der Waals surface area contributed by atoms with Crippen molar-refractivity contribution >= 4 is 28.4 Å². The van der Waals surface area contributed by atoms with E-state index in [4.69, 9.17) is 10.1 Å². The zero-order chi connectivity index (χ0) is 24.5. The Morgan fingerprint density at radius 3 is 2.74 bits per heavy atom. The highest BCUT2D eigenvalue weighted by molar-refractivity contribution is 5.89. The Balaban J connectivity index is 1.67. The number of nitrogens with one attached hydrogen (secondary N) is 1. The molecule has 4 aromatic heterocycles. The second kappa shape index (κ2) is 9.52. The molecule has 1 atom stereocenters. The third kappa shape index (κ3) is 4.40. The van der Waals surface area contributed by atoms with Gasteiger partial charge in [0.25, 0.3) is 0 Å². The van der Waals surface area contributed by atoms with E-state index in [2.05, 4.69) is 28.9 Å². The molecule has 1 aliphatic rings. The number of carbonyl (C=O) groups excluding carboxylic acids is 1. The molecule has 5 rings (SSSR count). The first kappa shape index (κ1) is 23.1. The maximum atomic E-state index is 12.4. The number of aromatic nitrogens is 4. The quantitative estimate of drug-likeness (QED) is 0.429. The van der Waals surface area contributed by atoms with Gasteiger partial charge in [-0.1, -0.05) is 26.2 Å². The monoisotopic (exact) mass is 473 g/mol. The van der Waals surface area contributed by atoms with Gasteiger partial charge in [0, 0.05) is 30.1 Å². The lowest BCUT2D eigenvalue weighted by atomic mass is 10.1. The Hall–Kier alpha value is -3.68. The number of nitrogens with zero attached hydrogens (tertiary/aromatic N) is 4. The van der Waals surface area contributed by atoms with Crippen LogP contribution in [-0.4, -0.2) is 36.1 Å². The van der Waals surface area contributed by atoms with Gasteiger partial charge >= 0.3 is 5.97 Å². The molecule has 35 heavy (non-hydrogen) atoms. The molecule has 0 saturated heterocycles. The van der Waals surface area contributed by atoms with Gasteiger partial charge < -0.3 is 15.0 Å². The van der Waals surface area contributed by atoms with Crippen LogP contribution in [0.2, 0.25) is 0 Å². The molecule has 0 aliphatic carbocycles. The van der Waals surface area contributed by atoms with Crippen LogP contribution in [0.25, 0.3) is 27.9 Å². The topological polar surface area (TPSA) is 102 Å². The predicted molar refractivity (Wildman–Crippen MR) is 135 cm³/mol. The number of carboxylic acids is 1. The molecule has 0 unspecified atom stereocenters. The van der Waals surface area contributed by atoms with Gasteiger partial charge in [-0.25, -0.2) is 14.3 Å². The van der Waals surface area contributed by atoms with E-state index < -0.39 is 5.97 Å². The van der Waals surface area contributed by atoms with Gasteiger partial charge in [0.2, 0.25) is 5.91 Å². The fourth-order valence-corrected chi connectivity index (χ4v) is 5.06. The smallest absolute Gasteiger partial charge is 0.337 e. The first-order valence-corrected chi connectivity index (χ1v) is 12.5. The van der Waals surface area contributed by atoms with Crippen molar-refractivity contribution in [2.45, 2.75) is 71.4 Å². The summed E-state index contributed by atoms with van der Waals surface area (Å²) < 4.78 is 3.93. The summed E-state index contributed by atoms with van der Waals surface area (Å²) in [5.74, 6) is -0.896. The second-order valence-electron chi connectivity index (χ2n) is 9.37. The van der Waals surface area contributed by atoms with Crippen molar-refractivity contribution in [1.29, 1.82) is 0 Å². The summed E-state index contributed by atoms with van der Waals surface area (Å²) in [7, 11) is 0. The SMILES string of the molecule is CCc1c(-c2cc3ccc4nc3n2CCCCCCCC(=O)N[C@@H]4C)nn2cc(C(=O)O)ccc12. The first-order chi connectivity index (χ1) is 17.0. The molecule has 0 fully saturated rings. The van der Waals surface area contributed by atoms with Gasteiger partial charge in [0.1, 0.15) is 11.3 Å². The van der Waals surface area contributed by atoms with Gasteiger partial charge in [-0.3, -0.25) is 4.79 Å². The lowest BCUT2D eigenvalue weighted by Gasteiger charge is -2.16. The number of hydrogen-bond donors (Lipinski definition) is 2. The third-order valence-corrected chi connectivity index (χ3v) is 6.95. The third-order valence-electron chi connectivity index (χ3n) is 6.95. The highest BCUT2D eigenvalue weighted by Gasteiger charge is 2.21. The predicted octanol–water partition coefficient (Wildman–Crippen LogP) is 5.14. The summed E-state index contributed by atoms with van der Waals surface area (Å²) in [5.41, 5.74) is 5.78. The maximum Gasteiger partial charge on any atom is 0.337 e. The minimum absolute atomic E-state index is 0.0746. The van der Waals surface area contributed by atoms with Gasteiger partial charge in [-0.2, -0.15) is 5.10 Å². The van der Waals surface area contributed by atoms with E-state index in [1.807, 2.05) is 19.1 Å². The average molecular weight is 474 g/mol. The molecule has 1 amide bonds. The number of hydrogen-bond acceptors (Lipinski definition) is 4. The van der Waals surface area contributed by atoms with Crippen molar-refractivity contribution in [3.8, 4) is 11.4 Å². The zero-order valence-corrected chi connectivity index (χ0v) is 20.3. The highest BCUT2D eigenvalue weighted by atomic mass is 16.4. The van der Waals surface area contributed by atoms with Crippen LogP contribution in [0.15, 0.2) is 36.5 Å². The van der Waals surface area contributed by atoms with Crippen LogP contribution in [0.1, 0.15) is 80.0 Å². The molecule has 1 aliphatic heterocycles. The normalized spacial score (nSPS) is 17.5. The van der Waals surface area contributed by atoms with Crippen LogP contribution >= 0.6 is 0 Å². The summed E-state index contributed by atoms with van der Waals surface area (Å²) in [6.07, 6.45) is 8.07. The lowest BCUT2D eigenvalue weighted by molar-refractivity contribution is -0.121. The van der Waals surface area contributed by atoms with Crippen LogP contribution in [0.5, 0.6) is 0 Å². The summed E-state index contributed by atoms with van der Waals surface area (Å²) in [5, 5.41) is 18.4. The average Bonchev–Trinajstić information content (AvgIpc) is 3.39. The van der Waals surface area contributed by atoms with Crippen molar-refractivity contribution in [1.82, 2.24) is 24.5 Å². The van der Waals surface area contributed by atoms with Crippen LogP contribution in [0.3, 0.4) is 0 Å². The molecule has 0 spiro atoms. The Morgan fingerprint density at radius 1 is 1.14 bits per heavy atom. The minimum Gasteiger partial charge on any atom is -0.478 e. The molecule has 0 saturated carbocycles. The van der Waals surface area contributed by atoms with Crippen LogP contribution in [0.4, 0.5) is 0 Å². The summed E-state index contributed by atoms with van der Waals surface area (Å²) >= 11 is 0. The summed E-state index contributed by atoms with van der Waals surface area (Å²) in [4.78, 5) is 28.8. The van der Waals surface area contributed by atoms with E-state index in [1.165, 1.54) is 0 Å². The highest BCUT2D eigenvalue weighted by Crippen LogP contribution is 2.33. The van der Waals surface area contributed by atoms with E-state index in [1.54, 1.807) is 16.8 Å². The maximum absolute atomic E-state index is 12.4. The fourth-order valence-electron chi connectivity index (χ4n) is 5.06. The molecule has 5 heterocycles. The van der Waals surface area contributed by atoms with Crippen LogP contribution in [-0.2, 0) is 17.8 Å². The van der Waals surface area contributed by atoms with Gasteiger partial charge in [-0.15, -0.1) is 0 Å². The Kier molecular flexibility index (Phi) is 6.28. The van der Waals surface area contributed by atoms with Crippen LogP contribution < -0.4 is 5.32 Å². The molecule has 0 aromatic carbocycles. The zero-order valence-electron chi connectivity index (χ0n) is 20.3. The molecule has 182 valence electrons. The Labute approximate surface area is 204 Å². The first-order valence-electron chi connectivity index (χ1n) is 12.5. The van der Waals surface area contributed by atoms with E-state index in [9.17, 15) is 14.7 Å². The van der Waals surface area contributed by atoms with Crippen LogP contribution in [0, 0.1) is 0 Å². The number of amides is 1. The number of pyridine rings is 2. The molecule has 2 N–H and O–H groups in total. The second-order valence-corrected chi connectivity index (χ2v) is 9.37. The molecule has 8 nitrogen and oxygen atoms in total. The molecule has 8 heteroatoms. The van der Waals surface area contributed by atoms with Crippen molar-refractivity contribution in [2.75, 3.05) is 0 Å². The summed E-state index contributed by atoms with van der Waals surface area (Å²) in [6.45, 7) is 4.90. The van der Waals surface area contributed by atoms with Crippen molar-refractivity contribution in [2.24, 2.45) is 0 Å². The van der Waals surface area contributed by atoms with Gasteiger partial charge in [-0.05, 0) is 56.5 Å². The van der Waals surface area contributed by atoms with Gasteiger partial charge in [0.15, 0.2) is 0 Å². The van der Waals surface area contributed by atoms with Crippen molar-refractivity contribution in [3.63, 3.8) is 0 Å².